The van der Waals surface area contributed by atoms with Gasteiger partial charge in [0.2, 0.25) is 0 Å². The van der Waals surface area contributed by atoms with Gasteiger partial charge in [0.25, 0.3) is 5.56 Å². The summed E-state index contributed by atoms with van der Waals surface area (Å²) >= 11 is 0. The predicted octanol–water partition coefficient (Wildman–Crippen LogP) is 4.18. The SMILES string of the molecule is CCC1C[C@@H]2CC(N3CCC(n4c(=O)c(/C(CCC(=O)O)=N/OCCN)nc5ccccc54)CC3)C[C@H](C1)C2. The fourth-order valence-corrected chi connectivity index (χ4v) is 7.41. The highest BCUT2D eigenvalue weighted by molar-refractivity contribution is 6.00. The lowest BCUT2D eigenvalue weighted by molar-refractivity contribution is -0.136. The molecule has 9 nitrogen and oxygen atoms in total. The maximum absolute atomic E-state index is 14.0. The molecule has 2 saturated carbocycles. The first-order valence-corrected chi connectivity index (χ1v) is 14.8. The molecule has 3 N–H and O–H groups in total. The molecule has 2 heterocycles. The Labute approximate surface area is 230 Å². The molecule has 5 rings (SSSR count). The first-order valence-electron chi connectivity index (χ1n) is 14.8. The Morgan fingerprint density at radius 2 is 1.79 bits per heavy atom. The number of fused-ring (bicyclic) bond motifs is 3. The molecule has 39 heavy (non-hydrogen) atoms. The number of carbonyl (C=O) groups is 1. The Morgan fingerprint density at radius 1 is 1.08 bits per heavy atom. The highest BCUT2D eigenvalue weighted by Gasteiger charge is 2.38. The second-order valence-electron chi connectivity index (χ2n) is 11.8. The topological polar surface area (TPSA) is 123 Å². The number of benzene rings is 1. The summed E-state index contributed by atoms with van der Waals surface area (Å²) in [6, 6.07) is 8.40. The fraction of sp³-hybridized carbons (Fsp3) is 0.667. The van der Waals surface area contributed by atoms with E-state index in [9.17, 15) is 14.7 Å². The second kappa shape index (κ2) is 12.6. The zero-order chi connectivity index (χ0) is 27.4. The second-order valence-corrected chi connectivity index (χ2v) is 11.8. The van der Waals surface area contributed by atoms with E-state index in [1.807, 2.05) is 28.8 Å². The summed E-state index contributed by atoms with van der Waals surface area (Å²) < 4.78 is 1.88. The monoisotopic (exact) mass is 537 g/mol. The van der Waals surface area contributed by atoms with Crippen LogP contribution in [0.5, 0.6) is 0 Å². The summed E-state index contributed by atoms with van der Waals surface area (Å²) in [4.78, 5) is 37.9. The molecule has 2 aliphatic carbocycles. The molecule has 2 aromatic rings. The number of aromatic nitrogens is 2. The van der Waals surface area contributed by atoms with Gasteiger partial charge in [-0.1, -0.05) is 30.6 Å². The van der Waals surface area contributed by atoms with Crippen LogP contribution in [0, 0.1) is 17.8 Å². The van der Waals surface area contributed by atoms with Gasteiger partial charge in [-0.05, 0) is 74.8 Å². The molecular weight excluding hydrogens is 494 g/mol. The third-order valence-electron chi connectivity index (χ3n) is 9.20. The molecule has 1 aliphatic heterocycles. The van der Waals surface area contributed by atoms with E-state index in [1.54, 1.807) is 0 Å². The van der Waals surface area contributed by atoms with Crippen molar-refractivity contribution in [2.45, 2.75) is 83.2 Å². The smallest absolute Gasteiger partial charge is 0.303 e. The van der Waals surface area contributed by atoms with Crippen molar-refractivity contribution in [3.05, 3.63) is 40.3 Å². The Hall–Kier alpha value is -2.78. The Bertz CT molecular complexity index is 1220. The van der Waals surface area contributed by atoms with Gasteiger partial charge in [-0.2, -0.15) is 0 Å². The quantitative estimate of drug-likeness (QED) is 0.265. The minimum Gasteiger partial charge on any atom is -0.481 e. The number of hydrogen-bond acceptors (Lipinski definition) is 7. The number of nitrogens with two attached hydrogens (primary N) is 1. The molecule has 1 saturated heterocycles. The summed E-state index contributed by atoms with van der Waals surface area (Å²) in [5.41, 5.74) is 7.23. The number of hydrogen-bond donors (Lipinski definition) is 2. The number of aliphatic carboxylic acids is 1. The summed E-state index contributed by atoms with van der Waals surface area (Å²) in [5.74, 6) is 1.71. The van der Waals surface area contributed by atoms with Crippen molar-refractivity contribution < 1.29 is 14.7 Å². The molecule has 0 radical (unpaired) electrons. The highest BCUT2D eigenvalue weighted by Crippen LogP contribution is 2.45. The fourth-order valence-electron chi connectivity index (χ4n) is 7.41. The lowest BCUT2D eigenvalue weighted by atomic mass is 9.65. The van der Waals surface area contributed by atoms with Crippen LogP contribution in [0.1, 0.15) is 82.9 Å². The standard InChI is InChI=1S/C30H43N5O4/c1-2-20-15-21-17-22(16-20)19-24(18-21)34-12-9-23(10-13-34)35-27-6-4-3-5-25(27)32-29(30(35)38)26(7-8-28(36)37)33-39-14-11-31/h3-6,20-24H,2,7-19,31H2,1H3,(H,36,37)/b33-26+/t20?,21-,22+,24?. The van der Waals surface area contributed by atoms with Gasteiger partial charge in [-0.3, -0.25) is 9.59 Å². The van der Waals surface area contributed by atoms with Crippen molar-refractivity contribution in [1.29, 1.82) is 0 Å². The summed E-state index contributed by atoms with van der Waals surface area (Å²) in [7, 11) is 0. The predicted molar refractivity (Wildman–Crippen MR) is 152 cm³/mol. The van der Waals surface area contributed by atoms with E-state index in [4.69, 9.17) is 10.6 Å². The Morgan fingerprint density at radius 3 is 2.46 bits per heavy atom. The molecule has 3 aliphatic rings. The largest absolute Gasteiger partial charge is 0.481 e. The van der Waals surface area contributed by atoms with Gasteiger partial charge >= 0.3 is 5.97 Å². The summed E-state index contributed by atoms with van der Waals surface area (Å²) in [5, 5.41) is 13.4. The first-order chi connectivity index (χ1) is 19.0. The van der Waals surface area contributed by atoms with Gasteiger partial charge in [0.15, 0.2) is 5.69 Å². The first kappa shape index (κ1) is 27.8. The molecule has 1 aromatic carbocycles. The van der Waals surface area contributed by atoms with Crippen LogP contribution >= 0.6 is 0 Å². The Balaban J connectivity index is 1.38. The van der Waals surface area contributed by atoms with Crippen molar-refractivity contribution in [2.24, 2.45) is 28.6 Å². The molecule has 0 amide bonds. The van der Waals surface area contributed by atoms with Crippen LogP contribution in [0.15, 0.2) is 34.2 Å². The maximum atomic E-state index is 14.0. The Kier molecular flexibility index (Phi) is 8.97. The molecule has 212 valence electrons. The highest BCUT2D eigenvalue weighted by atomic mass is 16.6. The van der Waals surface area contributed by atoms with Crippen LogP contribution in [-0.2, 0) is 9.63 Å². The van der Waals surface area contributed by atoms with E-state index in [1.165, 1.54) is 38.5 Å². The van der Waals surface area contributed by atoms with Crippen molar-refractivity contribution in [1.82, 2.24) is 14.5 Å². The molecule has 9 heteroatoms. The average molecular weight is 538 g/mol. The van der Waals surface area contributed by atoms with Crippen LogP contribution in [0.25, 0.3) is 11.0 Å². The number of nitrogens with zero attached hydrogens (tertiary/aromatic N) is 4. The third-order valence-corrected chi connectivity index (χ3v) is 9.20. The summed E-state index contributed by atoms with van der Waals surface area (Å²) in [6.07, 6.45) is 9.90. The van der Waals surface area contributed by atoms with Gasteiger partial charge in [-0.15, -0.1) is 0 Å². The van der Waals surface area contributed by atoms with E-state index in [0.717, 1.165) is 49.2 Å². The number of para-hydroxylation sites is 2. The van der Waals surface area contributed by atoms with E-state index in [0.29, 0.717) is 11.6 Å². The van der Waals surface area contributed by atoms with Crippen molar-refractivity contribution in [3.63, 3.8) is 0 Å². The molecule has 2 unspecified atom stereocenters. The minimum atomic E-state index is -0.966. The number of rotatable bonds is 10. The average Bonchev–Trinajstić information content (AvgIpc) is 2.94. The number of likely N-dealkylation sites (tertiary alicyclic amines) is 1. The van der Waals surface area contributed by atoms with Gasteiger partial charge in [0.1, 0.15) is 12.3 Å². The van der Waals surface area contributed by atoms with E-state index in [2.05, 4.69) is 22.0 Å². The summed E-state index contributed by atoms with van der Waals surface area (Å²) in [6.45, 7) is 4.77. The zero-order valence-corrected chi connectivity index (χ0v) is 23.1. The number of carboxylic acid groups (broad SMARTS) is 1. The van der Waals surface area contributed by atoms with E-state index < -0.39 is 5.97 Å². The zero-order valence-electron chi connectivity index (χ0n) is 23.1. The lowest BCUT2D eigenvalue weighted by Crippen LogP contribution is -2.48. The number of carboxylic acids is 1. The molecule has 4 atom stereocenters. The lowest BCUT2D eigenvalue weighted by Gasteiger charge is -2.47. The van der Waals surface area contributed by atoms with Crippen LogP contribution in [0.3, 0.4) is 0 Å². The van der Waals surface area contributed by atoms with Gasteiger partial charge < -0.3 is 25.1 Å². The minimum absolute atomic E-state index is 0.0543. The van der Waals surface area contributed by atoms with Crippen LogP contribution < -0.4 is 11.3 Å². The number of oxime groups is 1. The van der Waals surface area contributed by atoms with Gasteiger partial charge in [0, 0.05) is 38.1 Å². The molecule has 1 aromatic heterocycles. The third kappa shape index (κ3) is 6.35. The molecular formula is C30H43N5O4. The normalized spacial score (nSPS) is 26.6. The number of piperidine rings is 1. The van der Waals surface area contributed by atoms with E-state index in [-0.39, 0.29) is 49.0 Å². The van der Waals surface area contributed by atoms with E-state index >= 15 is 0 Å². The van der Waals surface area contributed by atoms with Crippen molar-refractivity contribution >= 4 is 22.7 Å². The molecule has 3 fully saturated rings. The maximum Gasteiger partial charge on any atom is 0.303 e. The molecule has 2 bridgehead atoms. The van der Waals surface area contributed by atoms with Crippen LogP contribution in [-0.4, -0.2) is 63.5 Å². The van der Waals surface area contributed by atoms with Gasteiger partial charge in [0.05, 0.1) is 17.5 Å². The van der Waals surface area contributed by atoms with Gasteiger partial charge in [-0.25, -0.2) is 4.98 Å². The molecule has 0 spiro atoms. The van der Waals surface area contributed by atoms with Crippen LogP contribution in [0.4, 0.5) is 0 Å². The van der Waals surface area contributed by atoms with Crippen LogP contribution in [0.2, 0.25) is 0 Å². The van der Waals surface area contributed by atoms with Crippen molar-refractivity contribution in [2.75, 3.05) is 26.2 Å². The van der Waals surface area contributed by atoms with Crippen molar-refractivity contribution in [3.8, 4) is 0 Å².